The van der Waals surface area contributed by atoms with Gasteiger partial charge < -0.3 is 14.5 Å². The molecule has 4 rings (SSSR count). The highest BCUT2D eigenvalue weighted by Crippen LogP contribution is 2.30. The number of carbonyl (C=O) groups excluding carboxylic acids is 1. The Bertz CT molecular complexity index is 1300. The number of nitrogens with zero attached hydrogens (tertiary/aromatic N) is 2. The molecule has 38 heavy (non-hydrogen) atoms. The largest absolute Gasteiger partial charge is 0.457 e. The van der Waals surface area contributed by atoms with Crippen molar-refractivity contribution >= 4 is 17.3 Å². The van der Waals surface area contributed by atoms with Gasteiger partial charge in [0.25, 0.3) is 0 Å². The zero-order chi connectivity index (χ0) is 26.9. The number of ether oxygens (including phenoxy) is 1. The van der Waals surface area contributed by atoms with Gasteiger partial charge in [0.15, 0.2) is 0 Å². The Morgan fingerprint density at radius 1 is 0.737 bits per heavy atom. The first-order chi connectivity index (χ1) is 18.5. The van der Waals surface area contributed by atoms with Crippen molar-refractivity contribution in [3.05, 3.63) is 109 Å². The van der Waals surface area contributed by atoms with Crippen molar-refractivity contribution in [3.8, 4) is 22.6 Å². The zero-order valence-electron chi connectivity index (χ0n) is 22.9. The summed E-state index contributed by atoms with van der Waals surface area (Å²) < 4.78 is 6.08. The predicted molar refractivity (Wildman–Crippen MR) is 159 cm³/mol. The molecule has 0 aliphatic heterocycles. The SMILES string of the molecule is CCCC(CC)C(=O)N(Cc1ccc(-c2ccc(N(C)C)cc2)cc1)c1cccc(Oc2ccccc2)c1. The fourth-order valence-corrected chi connectivity index (χ4v) is 4.64. The molecular weight excluding hydrogens is 468 g/mol. The van der Waals surface area contributed by atoms with Crippen molar-refractivity contribution in [2.24, 2.45) is 5.92 Å². The van der Waals surface area contributed by atoms with Crippen LogP contribution in [0.5, 0.6) is 11.5 Å². The summed E-state index contributed by atoms with van der Waals surface area (Å²) in [4.78, 5) is 17.8. The monoisotopic (exact) mass is 506 g/mol. The lowest BCUT2D eigenvalue weighted by atomic mass is 9.98. The van der Waals surface area contributed by atoms with E-state index in [0.717, 1.165) is 41.8 Å². The van der Waals surface area contributed by atoms with Gasteiger partial charge in [-0.2, -0.15) is 0 Å². The van der Waals surface area contributed by atoms with Gasteiger partial charge >= 0.3 is 0 Å². The average molecular weight is 507 g/mol. The summed E-state index contributed by atoms with van der Waals surface area (Å²) in [7, 11) is 4.09. The number of rotatable bonds is 11. The van der Waals surface area contributed by atoms with Gasteiger partial charge in [-0.25, -0.2) is 0 Å². The van der Waals surface area contributed by atoms with E-state index in [1.807, 2.05) is 73.6 Å². The maximum absolute atomic E-state index is 13.8. The van der Waals surface area contributed by atoms with Gasteiger partial charge in [0, 0.05) is 37.5 Å². The highest BCUT2D eigenvalue weighted by Gasteiger charge is 2.24. The normalized spacial score (nSPS) is 11.6. The van der Waals surface area contributed by atoms with Crippen LogP contribution in [0.2, 0.25) is 0 Å². The molecule has 0 saturated carbocycles. The van der Waals surface area contributed by atoms with Gasteiger partial charge in [-0.1, -0.05) is 80.9 Å². The number of hydrogen-bond acceptors (Lipinski definition) is 3. The molecule has 1 unspecified atom stereocenters. The Morgan fingerprint density at radius 2 is 1.37 bits per heavy atom. The molecular formula is C34H38N2O2. The molecule has 4 aromatic carbocycles. The minimum Gasteiger partial charge on any atom is -0.457 e. The molecule has 0 N–H and O–H groups in total. The Labute approximate surface area is 227 Å². The van der Waals surface area contributed by atoms with Crippen LogP contribution in [-0.2, 0) is 11.3 Å². The van der Waals surface area contributed by atoms with Crippen LogP contribution >= 0.6 is 0 Å². The Balaban J connectivity index is 1.59. The fourth-order valence-electron chi connectivity index (χ4n) is 4.64. The van der Waals surface area contributed by atoms with Crippen LogP contribution in [0.3, 0.4) is 0 Å². The average Bonchev–Trinajstić information content (AvgIpc) is 2.95. The molecule has 0 aromatic heterocycles. The first-order valence-corrected chi connectivity index (χ1v) is 13.5. The molecule has 0 aliphatic rings. The number of hydrogen-bond donors (Lipinski definition) is 0. The summed E-state index contributed by atoms with van der Waals surface area (Å²) in [5, 5.41) is 0. The summed E-state index contributed by atoms with van der Waals surface area (Å²) in [6.07, 6.45) is 2.69. The predicted octanol–water partition coefficient (Wildman–Crippen LogP) is 8.57. The van der Waals surface area contributed by atoms with Crippen molar-refractivity contribution < 1.29 is 9.53 Å². The van der Waals surface area contributed by atoms with Gasteiger partial charge in [0.1, 0.15) is 11.5 Å². The maximum Gasteiger partial charge on any atom is 0.230 e. The third-order valence-electron chi connectivity index (χ3n) is 6.87. The molecule has 1 amide bonds. The summed E-state index contributed by atoms with van der Waals surface area (Å²) in [6.45, 7) is 4.74. The van der Waals surface area contributed by atoms with Crippen molar-refractivity contribution in [2.75, 3.05) is 23.9 Å². The Morgan fingerprint density at radius 3 is 1.97 bits per heavy atom. The number of carbonyl (C=O) groups is 1. The van der Waals surface area contributed by atoms with Crippen molar-refractivity contribution in [2.45, 2.75) is 39.7 Å². The van der Waals surface area contributed by atoms with Crippen molar-refractivity contribution in [1.29, 1.82) is 0 Å². The molecule has 4 nitrogen and oxygen atoms in total. The van der Waals surface area contributed by atoms with E-state index in [-0.39, 0.29) is 11.8 Å². The van der Waals surface area contributed by atoms with Crippen LogP contribution in [0.4, 0.5) is 11.4 Å². The quantitative estimate of drug-likeness (QED) is 0.204. The van der Waals surface area contributed by atoms with Crippen LogP contribution < -0.4 is 14.5 Å². The third kappa shape index (κ3) is 6.83. The van der Waals surface area contributed by atoms with E-state index in [4.69, 9.17) is 4.74 Å². The van der Waals surface area contributed by atoms with E-state index in [0.29, 0.717) is 12.3 Å². The molecule has 0 heterocycles. The second-order valence-corrected chi connectivity index (χ2v) is 9.87. The lowest BCUT2D eigenvalue weighted by Gasteiger charge is -2.28. The van der Waals surface area contributed by atoms with Crippen LogP contribution in [0, 0.1) is 5.92 Å². The van der Waals surface area contributed by atoms with Crippen molar-refractivity contribution in [3.63, 3.8) is 0 Å². The second kappa shape index (κ2) is 13.0. The van der Waals surface area contributed by atoms with E-state index in [1.54, 1.807) is 0 Å². The van der Waals surface area contributed by atoms with E-state index >= 15 is 0 Å². The summed E-state index contributed by atoms with van der Waals surface area (Å²) >= 11 is 0. The molecule has 0 radical (unpaired) electrons. The lowest BCUT2D eigenvalue weighted by molar-refractivity contribution is -0.122. The first-order valence-electron chi connectivity index (χ1n) is 13.5. The van der Waals surface area contributed by atoms with Crippen LogP contribution in [0.25, 0.3) is 11.1 Å². The third-order valence-corrected chi connectivity index (χ3v) is 6.87. The molecule has 0 saturated heterocycles. The van der Waals surface area contributed by atoms with Crippen molar-refractivity contribution in [1.82, 2.24) is 0 Å². The van der Waals surface area contributed by atoms with Gasteiger partial charge in [-0.05, 0) is 65.9 Å². The summed E-state index contributed by atoms with van der Waals surface area (Å²) in [5.41, 5.74) is 5.45. The van der Waals surface area contributed by atoms with E-state index < -0.39 is 0 Å². The molecule has 4 aromatic rings. The second-order valence-electron chi connectivity index (χ2n) is 9.87. The van der Waals surface area contributed by atoms with Crippen LogP contribution in [-0.4, -0.2) is 20.0 Å². The number of amides is 1. The van der Waals surface area contributed by atoms with Crippen LogP contribution in [0.15, 0.2) is 103 Å². The summed E-state index contributed by atoms with van der Waals surface area (Å²) in [6, 6.07) is 34.7. The van der Waals surface area contributed by atoms with E-state index in [2.05, 4.69) is 67.3 Å². The van der Waals surface area contributed by atoms with Gasteiger partial charge in [0.05, 0.1) is 6.54 Å². The van der Waals surface area contributed by atoms with Gasteiger partial charge in [0.2, 0.25) is 5.91 Å². The standard InChI is InChI=1S/C34H38N2O2/c1-5-11-27(6-2)34(37)36(31-12-10-15-33(24-31)38-32-13-8-7-9-14-32)25-26-16-18-28(19-17-26)29-20-22-30(23-21-29)35(3)4/h7-10,12-24,27H,5-6,11,25H2,1-4H3. The highest BCUT2D eigenvalue weighted by atomic mass is 16.5. The Kier molecular flexibility index (Phi) is 9.21. The molecule has 1 atom stereocenters. The maximum atomic E-state index is 13.8. The molecule has 0 spiro atoms. The number of benzene rings is 4. The number of anilines is 2. The summed E-state index contributed by atoms with van der Waals surface area (Å²) in [5.74, 6) is 1.64. The lowest BCUT2D eigenvalue weighted by Crippen LogP contribution is -2.35. The fraction of sp³-hybridized carbons (Fsp3) is 0.265. The highest BCUT2D eigenvalue weighted by molar-refractivity contribution is 5.95. The minimum absolute atomic E-state index is 0.00631. The molecule has 4 heteroatoms. The molecule has 0 fully saturated rings. The number of para-hydroxylation sites is 1. The van der Waals surface area contributed by atoms with E-state index in [1.165, 1.54) is 11.3 Å². The minimum atomic E-state index is -0.00631. The van der Waals surface area contributed by atoms with Crippen LogP contribution in [0.1, 0.15) is 38.7 Å². The molecule has 0 aliphatic carbocycles. The van der Waals surface area contributed by atoms with E-state index in [9.17, 15) is 4.79 Å². The smallest absolute Gasteiger partial charge is 0.230 e. The Hall–Kier alpha value is -4.05. The topological polar surface area (TPSA) is 32.8 Å². The zero-order valence-corrected chi connectivity index (χ0v) is 22.9. The van der Waals surface area contributed by atoms with Gasteiger partial charge in [-0.15, -0.1) is 0 Å². The first kappa shape index (κ1) is 27.0. The van der Waals surface area contributed by atoms with Gasteiger partial charge in [-0.3, -0.25) is 4.79 Å². The molecule has 196 valence electrons. The molecule has 0 bridgehead atoms.